The third kappa shape index (κ3) is 5.63. The number of carbonyl (C=O) groups excluding carboxylic acids is 1. The summed E-state index contributed by atoms with van der Waals surface area (Å²) in [6.07, 6.45) is 2.92. The minimum Gasteiger partial charge on any atom is -0.612 e. The van der Waals surface area contributed by atoms with E-state index in [0.717, 1.165) is 16.7 Å². The Kier molecular flexibility index (Phi) is 8.77. The molecule has 0 aliphatic carbocycles. The standard InChI is InChI=1S/C26H29Cl2N3O2S/c1-5-21-23(28)15-24(29)22(6-2)25(21)30-26(32)31(16(3)17-7-9-18(27)10-8-17)19-11-13-20(14-12-19)34(4)33/h7-16H,5-6,29H2,1-4H3,(H,30,32)/t16?,34-/m0/s1. The van der Waals surface area contributed by atoms with Crippen molar-refractivity contribution in [2.45, 2.75) is 44.6 Å². The molecule has 0 aromatic heterocycles. The van der Waals surface area contributed by atoms with Crippen molar-refractivity contribution >= 4 is 57.5 Å². The summed E-state index contributed by atoms with van der Waals surface area (Å²) in [6, 6.07) is 15.6. The van der Waals surface area contributed by atoms with Gasteiger partial charge in [-0.25, -0.2) is 4.79 Å². The quantitative estimate of drug-likeness (QED) is 0.256. The summed E-state index contributed by atoms with van der Waals surface area (Å²) in [7, 11) is 0. The highest BCUT2D eigenvalue weighted by molar-refractivity contribution is 7.90. The van der Waals surface area contributed by atoms with Crippen molar-refractivity contribution in [2.75, 3.05) is 22.2 Å². The lowest BCUT2D eigenvalue weighted by molar-refractivity contribution is 0.255. The van der Waals surface area contributed by atoms with Crippen LogP contribution in [0.25, 0.3) is 0 Å². The lowest BCUT2D eigenvalue weighted by Crippen LogP contribution is -2.37. The average Bonchev–Trinajstić information content (AvgIpc) is 2.80. The third-order valence-electron chi connectivity index (χ3n) is 5.87. The van der Waals surface area contributed by atoms with Gasteiger partial charge < -0.3 is 15.6 Å². The van der Waals surface area contributed by atoms with Crippen molar-refractivity contribution in [3.05, 3.63) is 81.3 Å². The number of nitrogens with zero attached hydrogens (tertiary/aromatic N) is 1. The van der Waals surface area contributed by atoms with Gasteiger partial charge in [-0.05, 0) is 90.1 Å². The number of anilines is 3. The van der Waals surface area contributed by atoms with Crippen LogP contribution in [0.15, 0.2) is 59.5 Å². The number of hydrogen-bond acceptors (Lipinski definition) is 3. The van der Waals surface area contributed by atoms with Gasteiger partial charge >= 0.3 is 6.03 Å². The Balaban J connectivity index is 2.08. The lowest BCUT2D eigenvalue weighted by Gasteiger charge is -2.31. The van der Waals surface area contributed by atoms with E-state index in [1.807, 2.05) is 32.9 Å². The van der Waals surface area contributed by atoms with Crippen molar-refractivity contribution in [2.24, 2.45) is 0 Å². The molecule has 34 heavy (non-hydrogen) atoms. The van der Waals surface area contributed by atoms with Crippen LogP contribution < -0.4 is 16.0 Å². The van der Waals surface area contributed by atoms with E-state index >= 15 is 0 Å². The molecule has 3 N–H and O–H groups in total. The second-order valence-electron chi connectivity index (χ2n) is 7.96. The molecule has 0 saturated carbocycles. The SMILES string of the molecule is CCc1c(N)cc(Cl)c(CC)c1NC(=O)N(c1ccc([S@+](C)[O-])cc1)C(C)c1ccc(Cl)cc1. The van der Waals surface area contributed by atoms with E-state index in [0.29, 0.717) is 44.8 Å². The van der Waals surface area contributed by atoms with E-state index in [9.17, 15) is 9.35 Å². The molecule has 8 heteroatoms. The number of nitrogen functional groups attached to an aromatic ring is 1. The maximum Gasteiger partial charge on any atom is 0.326 e. The Morgan fingerprint density at radius 2 is 1.65 bits per heavy atom. The summed E-state index contributed by atoms with van der Waals surface area (Å²) in [5.74, 6) is 0. The van der Waals surface area contributed by atoms with Crippen LogP contribution in [0.5, 0.6) is 0 Å². The lowest BCUT2D eigenvalue weighted by atomic mass is 10.0. The van der Waals surface area contributed by atoms with Gasteiger partial charge in [-0.15, -0.1) is 0 Å². The van der Waals surface area contributed by atoms with Crippen LogP contribution in [0.4, 0.5) is 21.9 Å². The molecular weight excluding hydrogens is 489 g/mol. The first-order valence-electron chi connectivity index (χ1n) is 11.1. The molecule has 0 aliphatic rings. The Bertz CT molecular complexity index is 1120. The van der Waals surface area contributed by atoms with E-state index in [-0.39, 0.29) is 12.1 Å². The van der Waals surface area contributed by atoms with Crippen molar-refractivity contribution in [3.8, 4) is 0 Å². The fourth-order valence-electron chi connectivity index (χ4n) is 4.01. The molecule has 0 aliphatic heterocycles. The van der Waals surface area contributed by atoms with Gasteiger partial charge in [0.25, 0.3) is 0 Å². The molecule has 1 unspecified atom stereocenters. The molecule has 180 valence electrons. The summed E-state index contributed by atoms with van der Waals surface area (Å²) >= 11 is 11.4. The number of hydrogen-bond donors (Lipinski definition) is 2. The van der Waals surface area contributed by atoms with E-state index in [1.165, 1.54) is 0 Å². The average molecular weight is 519 g/mol. The first-order valence-corrected chi connectivity index (χ1v) is 13.4. The van der Waals surface area contributed by atoms with Crippen LogP contribution >= 0.6 is 23.2 Å². The maximum absolute atomic E-state index is 13.8. The zero-order chi connectivity index (χ0) is 25.0. The molecule has 0 spiro atoms. The van der Waals surface area contributed by atoms with Gasteiger partial charge in [0.2, 0.25) is 0 Å². The summed E-state index contributed by atoms with van der Waals surface area (Å²) < 4.78 is 11.9. The molecule has 5 nitrogen and oxygen atoms in total. The number of amides is 2. The van der Waals surface area contributed by atoms with Crippen molar-refractivity contribution in [1.29, 1.82) is 0 Å². The number of urea groups is 1. The van der Waals surface area contributed by atoms with Crippen LogP contribution in [0.3, 0.4) is 0 Å². The van der Waals surface area contributed by atoms with Crippen LogP contribution in [0.1, 0.15) is 43.5 Å². The van der Waals surface area contributed by atoms with E-state index in [1.54, 1.807) is 53.6 Å². The topological polar surface area (TPSA) is 81.4 Å². The zero-order valence-corrected chi connectivity index (χ0v) is 22.0. The Hall–Kier alpha value is -2.38. The highest BCUT2D eigenvalue weighted by Crippen LogP contribution is 2.36. The highest BCUT2D eigenvalue weighted by atomic mass is 35.5. The molecule has 0 fully saturated rings. The van der Waals surface area contributed by atoms with Crippen molar-refractivity contribution in [1.82, 2.24) is 0 Å². The molecule has 0 bridgehead atoms. The monoisotopic (exact) mass is 517 g/mol. The van der Waals surface area contributed by atoms with Gasteiger partial charge in [-0.2, -0.15) is 0 Å². The molecule has 0 radical (unpaired) electrons. The Labute approximate surface area is 214 Å². The van der Waals surface area contributed by atoms with E-state index in [2.05, 4.69) is 5.32 Å². The number of carbonyl (C=O) groups is 1. The summed E-state index contributed by atoms with van der Waals surface area (Å²) in [4.78, 5) is 16.2. The largest absolute Gasteiger partial charge is 0.612 e. The van der Waals surface area contributed by atoms with Gasteiger partial charge in [-0.3, -0.25) is 4.90 Å². The van der Waals surface area contributed by atoms with Gasteiger partial charge in [0.05, 0.1) is 11.7 Å². The third-order valence-corrected chi connectivity index (χ3v) is 7.39. The first-order chi connectivity index (χ1) is 16.2. The summed E-state index contributed by atoms with van der Waals surface area (Å²) in [6.45, 7) is 5.93. The second-order valence-corrected chi connectivity index (χ2v) is 10.2. The Morgan fingerprint density at radius 1 is 1.06 bits per heavy atom. The van der Waals surface area contributed by atoms with Crippen LogP contribution in [0, 0.1) is 0 Å². The first kappa shape index (κ1) is 26.2. The molecule has 0 heterocycles. The van der Waals surface area contributed by atoms with Crippen LogP contribution in [-0.2, 0) is 24.0 Å². The molecule has 3 aromatic rings. The number of nitrogens with one attached hydrogen (secondary N) is 1. The van der Waals surface area contributed by atoms with E-state index in [4.69, 9.17) is 28.9 Å². The minimum atomic E-state index is -1.12. The summed E-state index contributed by atoms with van der Waals surface area (Å²) in [5.41, 5.74) is 10.7. The van der Waals surface area contributed by atoms with Crippen molar-refractivity contribution < 1.29 is 9.35 Å². The van der Waals surface area contributed by atoms with Gasteiger partial charge in [-0.1, -0.05) is 49.2 Å². The Morgan fingerprint density at radius 3 is 2.18 bits per heavy atom. The van der Waals surface area contributed by atoms with Gasteiger partial charge in [0.1, 0.15) is 6.26 Å². The number of benzene rings is 3. The molecule has 3 rings (SSSR count). The van der Waals surface area contributed by atoms with Gasteiger partial charge in [0, 0.05) is 21.4 Å². The molecule has 2 atom stereocenters. The molecular formula is C26H29Cl2N3O2S. The maximum atomic E-state index is 13.8. The molecule has 2 amide bonds. The van der Waals surface area contributed by atoms with Crippen molar-refractivity contribution in [3.63, 3.8) is 0 Å². The smallest absolute Gasteiger partial charge is 0.326 e. The number of halogens is 2. The fourth-order valence-corrected chi connectivity index (χ4v) is 5.00. The predicted octanol–water partition coefficient (Wildman–Crippen LogP) is 7.24. The van der Waals surface area contributed by atoms with Crippen LogP contribution in [0.2, 0.25) is 10.0 Å². The summed E-state index contributed by atoms with van der Waals surface area (Å²) in [5, 5.41) is 4.25. The predicted molar refractivity (Wildman–Crippen MR) is 145 cm³/mol. The van der Waals surface area contributed by atoms with Crippen LogP contribution in [-0.4, -0.2) is 16.8 Å². The fraction of sp³-hybridized carbons (Fsp3) is 0.269. The molecule has 3 aromatic carbocycles. The number of nitrogens with two attached hydrogens (primary N) is 1. The normalized spacial score (nSPS) is 12.8. The number of rotatable bonds is 7. The van der Waals surface area contributed by atoms with E-state index < -0.39 is 11.2 Å². The molecule has 0 saturated heterocycles. The highest BCUT2D eigenvalue weighted by Gasteiger charge is 2.26. The zero-order valence-electron chi connectivity index (χ0n) is 19.7. The second kappa shape index (κ2) is 11.4. The minimum absolute atomic E-state index is 0.318. The van der Waals surface area contributed by atoms with Gasteiger partial charge in [0.15, 0.2) is 4.90 Å².